The molecule has 6 rings (SSSR count). The van der Waals surface area contributed by atoms with Gasteiger partial charge in [-0.3, -0.25) is 14.4 Å². The number of benzene rings is 1. The van der Waals surface area contributed by atoms with Crippen molar-refractivity contribution in [3.63, 3.8) is 0 Å². The molecule has 11 heteroatoms. The summed E-state index contributed by atoms with van der Waals surface area (Å²) in [5, 5.41) is 6.04. The monoisotopic (exact) mass is 530 g/mol. The summed E-state index contributed by atoms with van der Waals surface area (Å²) in [6, 6.07) is 3.83. The zero-order chi connectivity index (χ0) is 26.1. The van der Waals surface area contributed by atoms with Gasteiger partial charge in [0.25, 0.3) is 11.8 Å². The first-order chi connectivity index (χ1) is 17.8. The summed E-state index contributed by atoms with van der Waals surface area (Å²) in [7, 11) is 0. The van der Waals surface area contributed by atoms with Crippen molar-refractivity contribution in [1.29, 1.82) is 0 Å². The van der Waals surface area contributed by atoms with Crippen LogP contribution < -0.4 is 15.4 Å². The lowest BCUT2D eigenvalue weighted by Crippen LogP contribution is -2.60. The van der Waals surface area contributed by atoms with E-state index in [1.54, 1.807) is 4.90 Å². The molecule has 1 aromatic carbocycles. The molecular weight excluding hydrogens is 503 g/mol. The van der Waals surface area contributed by atoms with E-state index in [1.165, 1.54) is 25.3 Å². The molecule has 3 fully saturated rings. The van der Waals surface area contributed by atoms with Crippen molar-refractivity contribution in [2.24, 2.45) is 11.8 Å². The Morgan fingerprint density at radius 3 is 2.62 bits per heavy atom. The fourth-order valence-electron chi connectivity index (χ4n) is 5.26. The van der Waals surface area contributed by atoms with Crippen LogP contribution in [-0.2, 0) is 9.59 Å². The van der Waals surface area contributed by atoms with E-state index in [0.29, 0.717) is 43.7 Å². The molecule has 2 aromatic rings. The number of hydrogen-bond acceptors (Lipinski definition) is 6. The highest BCUT2D eigenvalue weighted by Gasteiger charge is 2.47. The molecule has 9 nitrogen and oxygen atoms in total. The van der Waals surface area contributed by atoms with Crippen molar-refractivity contribution >= 4 is 34.9 Å². The quantitative estimate of drug-likeness (QED) is 0.568. The average Bonchev–Trinajstić information content (AvgIpc) is 3.35. The molecular formula is C26H28ClFN4O5. The molecule has 3 amide bonds. The Kier molecular flexibility index (Phi) is 7.19. The van der Waals surface area contributed by atoms with Crippen LogP contribution in [0, 0.1) is 17.7 Å². The molecule has 2 N–H and O–H groups in total. The molecule has 0 spiro atoms. The predicted octanol–water partition coefficient (Wildman–Crippen LogP) is 3.19. The van der Waals surface area contributed by atoms with Crippen LogP contribution in [0.15, 0.2) is 34.9 Å². The zero-order valence-electron chi connectivity index (χ0n) is 20.3. The average molecular weight is 531 g/mol. The Bertz CT molecular complexity index is 1240. The second-order valence-corrected chi connectivity index (χ2v) is 10.2. The van der Waals surface area contributed by atoms with Gasteiger partial charge in [0, 0.05) is 43.7 Å². The molecule has 3 aliphatic carbocycles. The summed E-state index contributed by atoms with van der Waals surface area (Å²) >= 11 is 5.67. The number of carbonyl (C=O) groups excluding carboxylic acids is 3. The van der Waals surface area contributed by atoms with Gasteiger partial charge in [-0.25, -0.2) is 9.37 Å². The highest BCUT2D eigenvalue weighted by molar-refractivity contribution is 6.30. The molecule has 196 valence electrons. The second-order valence-electron chi connectivity index (χ2n) is 9.82. The smallest absolute Gasteiger partial charge is 0.288 e. The number of halogens is 2. The van der Waals surface area contributed by atoms with Gasteiger partial charge < -0.3 is 24.7 Å². The van der Waals surface area contributed by atoms with E-state index in [0.717, 1.165) is 24.5 Å². The molecule has 37 heavy (non-hydrogen) atoms. The Morgan fingerprint density at radius 2 is 1.95 bits per heavy atom. The Morgan fingerprint density at radius 1 is 1.19 bits per heavy atom. The number of carbonyl (C=O) groups is 3. The summed E-state index contributed by atoms with van der Waals surface area (Å²) in [6.45, 7) is 2.38. The number of nitrogens with zero attached hydrogens (tertiary/aromatic N) is 2. The van der Waals surface area contributed by atoms with Crippen molar-refractivity contribution in [3.05, 3.63) is 53.0 Å². The van der Waals surface area contributed by atoms with Gasteiger partial charge in [0.05, 0.1) is 11.2 Å². The van der Waals surface area contributed by atoms with Gasteiger partial charge >= 0.3 is 0 Å². The predicted molar refractivity (Wildman–Crippen MR) is 132 cm³/mol. The van der Waals surface area contributed by atoms with E-state index in [2.05, 4.69) is 15.6 Å². The first-order valence-corrected chi connectivity index (χ1v) is 12.7. The number of aromatic nitrogens is 1. The molecule has 1 aliphatic heterocycles. The third-order valence-corrected chi connectivity index (χ3v) is 7.75. The lowest BCUT2D eigenvalue weighted by atomic mass is 9.60. The molecule has 0 saturated heterocycles. The lowest BCUT2D eigenvalue weighted by molar-refractivity contribution is -0.128. The number of ether oxygens (including phenoxy) is 1. The van der Waals surface area contributed by atoms with Crippen molar-refractivity contribution in [1.82, 2.24) is 20.5 Å². The number of hydrogen-bond donors (Lipinski definition) is 2. The molecule has 2 atom stereocenters. The topological polar surface area (TPSA) is 114 Å². The van der Waals surface area contributed by atoms with Crippen molar-refractivity contribution in [3.8, 4) is 5.75 Å². The van der Waals surface area contributed by atoms with E-state index >= 15 is 0 Å². The van der Waals surface area contributed by atoms with Crippen LogP contribution in [0.25, 0.3) is 5.57 Å². The fraction of sp³-hybridized carbons (Fsp3) is 0.462. The van der Waals surface area contributed by atoms with Gasteiger partial charge in [-0.05, 0) is 49.7 Å². The van der Waals surface area contributed by atoms with Crippen molar-refractivity contribution in [2.75, 3.05) is 19.7 Å². The molecule has 4 aliphatic rings. The third kappa shape index (κ3) is 5.64. The summed E-state index contributed by atoms with van der Waals surface area (Å²) in [5.41, 5.74) is 0.877. The van der Waals surface area contributed by atoms with E-state index in [-0.39, 0.29) is 52.9 Å². The molecule has 1 aromatic heterocycles. The van der Waals surface area contributed by atoms with Crippen LogP contribution in [0.5, 0.6) is 5.75 Å². The van der Waals surface area contributed by atoms with Crippen LogP contribution >= 0.6 is 11.6 Å². The van der Waals surface area contributed by atoms with Crippen molar-refractivity contribution in [2.45, 2.75) is 44.7 Å². The fourth-order valence-corrected chi connectivity index (χ4v) is 5.38. The molecule has 2 heterocycles. The van der Waals surface area contributed by atoms with Gasteiger partial charge in [0.1, 0.15) is 11.6 Å². The Hall–Kier alpha value is -3.40. The van der Waals surface area contributed by atoms with E-state index < -0.39 is 5.82 Å². The number of oxazole rings is 1. The summed E-state index contributed by atoms with van der Waals surface area (Å²) < 4.78 is 24.7. The largest absolute Gasteiger partial charge is 0.484 e. The maximum atomic E-state index is 13.6. The van der Waals surface area contributed by atoms with Crippen LogP contribution in [-0.4, -0.2) is 59.4 Å². The van der Waals surface area contributed by atoms with Gasteiger partial charge in [0.2, 0.25) is 17.6 Å². The van der Waals surface area contributed by atoms with Crippen LogP contribution in [0.2, 0.25) is 5.02 Å². The minimum atomic E-state index is -0.611. The minimum Gasteiger partial charge on any atom is -0.484 e. The van der Waals surface area contributed by atoms with E-state index in [1.807, 2.05) is 6.08 Å². The number of fused-ring (bicyclic) bond motifs is 2. The Balaban J connectivity index is 1.13. The number of amides is 3. The number of nitrogens with one attached hydrogen (secondary N) is 2. The maximum Gasteiger partial charge on any atom is 0.288 e. The van der Waals surface area contributed by atoms with E-state index in [4.69, 9.17) is 20.8 Å². The van der Waals surface area contributed by atoms with E-state index in [9.17, 15) is 18.8 Å². The number of rotatable bonds is 7. The van der Waals surface area contributed by atoms with Gasteiger partial charge in [-0.2, -0.15) is 0 Å². The summed E-state index contributed by atoms with van der Waals surface area (Å²) in [5.74, 6) is 0.237. The highest BCUT2D eigenvalue weighted by atomic mass is 35.5. The summed E-state index contributed by atoms with van der Waals surface area (Å²) in [6.07, 6.45) is 6.38. The lowest BCUT2D eigenvalue weighted by Gasteiger charge is -2.51. The highest BCUT2D eigenvalue weighted by Crippen LogP contribution is 2.46. The second kappa shape index (κ2) is 10.5. The molecule has 2 bridgehead atoms. The SMILES string of the molecule is CC(=O)N1CC=C(c2ncc(C(=O)NC3CC(NC(=O)COc4ccc(Cl)c(F)c4)C4CC3C4)o2)CC1. The summed E-state index contributed by atoms with van der Waals surface area (Å²) in [4.78, 5) is 42.9. The van der Waals surface area contributed by atoms with Crippen LogP contribution in [0.3, 0.4) is 0 Å². The van der Waals surface area contributed by atoms with Gasteiger partial charge in [0.15, 0.2) is 6.61 Å². The molecule has 3 saturated carbocycles. The first-order valence-electron chi connectivity index (χ1n) is 12.4. The normalized spacial score (nSPS) is 24.5. The van der Waals surface area contributed by atoms with Crippen LogP contribution in [0.1, 0.15) is 49.1 Å². The molecule has 0 radical (unpaired) electrons. The standard InChI is InChI=1S/C26H28ClFN4O5/c1-14(33)32-6-4-15(5-7-32)26-29-12-23(37-26)25(35)31-22-11-21(16-8-17(22)9-16)30-24(34)13-36-18-2-3-19(27)20(28)10-18/h2-4,10,12,16-17,21-22H,5-9,11,13H2,1H3,(H,30,34)(H,31,35). The first kappa shape index (κ1) is 25.3. The maximum absolute atomic E-state index is 13.6. The Labute approximate surface area is 218 Å². The van der Waals surface area contributed by atoms with Gasteiger partial charge in [-0.15, -0.1) is 0 Å². The van der Waals surface area contributed by atoms with Crippen LogP contribution in [0.4, 0.5) is 4.39 Å². The zero-order valence-corrected chi connectivity index (χ0v) is 21.1. The minimum absolute atomic E-state index is 0.0136. The van der Waals surface area contributed by atoms with Gasteiger partial charge in [-0.1, -0.05) is 17.7 Å². The third-order valence-electron chi connectivity index (χ3n) is 7.44. The van der Waals surface area contributed by atoms with Crippen molar-refractivity contribution < 1.29 is 27.9 Å². The molecule has 2 unspecified atom stereocenters.